The van der Waals surface area contributed by atoms with Crippen LogP contribution in [0, 0.1) is 5.92 Å². The van der Waals surface area contributed by atoms with Crippen molar-refractivity contribution >= 4 is 11.7 Å². The number of carbonyl (C=O) groups is 1. The van der Waals surface area contributed by atoms with Crippen molar-refractivity contribution in [1.29, 1.82) is 0 Å². The lowest BCUT2D eigenvalue weighted by molar-refractivity contribution is -0.137. The third kappa shape index (κ3) is 5.59. The summed E-state index contributed by atoms with van der Waals surface area (Å²) in [5, 5.41) is 0. The van der Waals surface area contributed by atoms with Crippen molar-refractivity contribution in [3.63, 3.8) is 0 Å². The molecule has 0 unspecified atom stereocenters. The van der Waals surface area contributed by atoms with Crippen LogP contribution in [-0.2, 0) is 11.0 Å². The molecule has 0 bridgehead atoms. The number of hydrogen-bond acceptors (Lipinski definition) is 3. The second-order valence-corrected chi connectivity index (χ2v) is 7.67. The molecular weight excluding hydrogens is 355 g/mol. The first-order valence-corrected chi connectivity index (χ1v) is 9.99. The summed E-state index contributed by atoms with van der Waals surface area (Å²) in [4.78, 5) is 20.4. The van der Waals surface area contributed by atoms with E-state index in [-0.39, 0.29) is 5.91 Å². The van der Waals surface area contributed by atoms with Crippen LogP contribution in [0.3, 0.4) is 0 Å². The van der Waals surface area contributed by atoms with Crippen molar-refractivity contribution in [2.45, 2.75) is 57.5 Å². The van der Waals surface area contributed by atoms with Gasteiger partial charge in [-0.25, -0.2) is 4.98 Å². The zero-order valence-corrected chi connectivity index (χ0v) is 15.7. The van der Waals surface area contributed by atoms with Crippen molar-refractivity contribution in [1.82, 2.24) is 9.88 Å². The molecule has 4 nitrogen and oxygen atoms in total. The molecule has 0 radical (unpaired) electrons. The van der Waals surface area contributed by atoms with E-state index in [9.17, 15) is 18.0 Å². The Morgan fingerprint density at radius 2 is 1.81 bits per heavy atom. The lowest BCUT2D eigenvalue weighted by Gasteiger charge is -2.25. The molecule has 0 spiro atoms. The van der Waals surface area contributed by atoms with Crippen LogP contribution in [0.1, 0.15) is 56.9 Å². The lowest BCUT2D eigenvalue weighted by Crippen LogP contribution is -2.35. The highest BCUT2D eigenvalue weighted by Gasteiger charge is 2.31. The topological polar surface area (TPSA) is 36.4 Å². The molecule has 1 aromatic rings. The molecule has 2 fully saturated rings. The molecule has 3 rings (SSSR count). The van der Waals surface area contributed by atoms with E-state index >= 15 is 0 Å². The number of rotatable bonds is 4. The maximum absolute atomic E-state index is 12.7. The van der Waals surface area contributed by atoms with E-state index in [1.165, 1.54) is 38.2 Å². The predicted molar refractivity (Wildman–Crippen MR) is 98.5 cm³/mol. The first kappa shape index (κ1) is 20.0. The number of alkyl halides is 3. The monoisotopic (exact) mass is 383 g/mol. The summed E-state index contributed by atoms with van der Waals surface area (Å²) in [6, 6.07) is 2.49. The molecule has 0 N–H and O–H groups in total. The van der Waals surface area contributed by atoms with Crippen LogP contribution in [-0.4, -0.2) is 42.0 Å². The van der Waals surface area contributed by atoms with Gasteiger partial charge in [0, 0.05) is 38.8 Å². The molecule has 0 atom stereocenters. The van der Waals surface area contributed by atoms with Crippen LogP contribution >= 0.6 is 0 Å². The Kier molecular flexibility index (Phi) is 6.60. The standard InChI is InChI=1S/C20H28F3N3O/c21-20(22,23)17-8-9-18(24-15-17)25-11-4-12-26(14-13-25)19(27)10-7-16-5-2-1-3-6-16/h8-9,15-16H,1-7,10-14H2. The summed E-state index contributed by atoms with van der Waals surface area (Å²) in [6.07, 6.45) is 5.32. The molecule has 1 aliphatic carbocycles. The molecule has 1 amide bonds. The van der Waals surface area contributed by atoms with Crippen molar-refractivity contribution in [2.24, 2.45) is 5.92 Å². The van der Waals surface area contributed by atoms with Gasteiger partial charge in [0.2, 0.25) is 5.91 Å². The van der Waals surface area contributed by atoms with Crippen LogP contribution in [0.4, 0.5) is 19.0 Å². The Bertz CT molecular complexity index is 612. The number of amides is 1. The van der Waals surface area contributed by atoms with Gasteiger partial charge >= 0.3 is 6.18 Å². The minimum absolute atomic E-state index is 0.211. The molecule has 1 aliphatic heterocycles. The Balaban J connectivity index is 1.50. The highest BCUT2D eigenvalue weighted by Crippen LogP contribution is 2.30. The van der Waals surface area contributed by atoms with Crippen LogP contribution in [0.5, 0.6) is 0 Å². The molecule has 1 aromatic heterocycles. The SMILES string of the molecule is O=C(CCC1CCCCC1)N1CCCN(c2ccc(C(F)(F)F)cn2)CC1. The first-order valence-electron chi connectivity index (χ1n) is 9.99. The number of halogens is 3. The van der Waals surface area contributed by atoms with Gasteiger partial charge in [-0.2, -0.15) is 13.2 Å². The summed E-state index contributed by atoms with van der Waals surface area (Å²) in [7, 11) is 0. The number of hydrogen-bond donors (Lipinski definition) is 0. The molecular formula is C20H28F3N3O. The van der Waals surface area contributed by atoms with E-state index in [2.05, 4.69) is 4.98 Å². The zero-order valence-electron chi connectivity index (χ0n) is 15.7. The summed E-state index contributed by atoms with van der Waals surface area (Å²) in [5.74, 6) is 1.45. The number of carbonyl (C=O) groups excluding carboxylic acids is 1. The van der Waals surface area contributed by atoms with E-state index in [0.717, 1.165) is 25.1 Å². The van der Waals surface area contributed by atoms with E-state index in [1.54, 1.807) is 0 Å². The minimum atomic E-state index is -4.37. The Hall–Kier alpha value is -1.79. The van der Waals surface area contributed by atoms with Crippen LogP contribution in [0.2, 0.25) is 0 Å². The van der Waals surface area contributed by atoms with Crippen molar-refractivity contribution < 1.29 is 18.0 Å². The van der Waals surface area contributed by atoms with E-state index in [0.29, 0.717) is 44.3 Å². The molecule has 7 heteroatoms. The summed E-state index contributed by atoms with van der Waals surface area (Å²) < 4.78 is 38.0. The number of nitrogens with zero attached hydrogens (tertiary/aromatic N) is 3. The third-order valence-corrected chi connectivity index (χ3v) is 5.74. The lowest BCUT2D eigenvalue weighted by atomic mass is 9.86. The van der Waals surface area contributed by atoms with Gasteiger partial charge in [0.05, 0.1) is 5.56 Å². The largest absolute Gasteiger partial charge is 0.417 e. The highest BCUT2D eigenvalue weighted by molar-refractivity contribution is 5.76. The quantitative estimate of drug-likeness (QED) is 0.768. The maximum atomic E-state index is 12.7. The van der Waals surface area contributed by atoms with Gasteiger partial charge in [0.15, 0.2) is 0 Å². The van der Waals surface area contributed by atoms with Gasteiger partial charge in [-0.05, 0) is 30.9 Å². The zero-order chi connectivity index (χ0) is 19.3. The fourth-order valence-electron chi connectivity index (χ4n) is 4.10. The first-order chi connectivity index (χ1) is 12.9. The fraction of sp³-hybridized carbons (Fsp3) is 0.700. The van der Waals surface area contributed by atoms with Gasteiger partial charge in [0.1, 0.15) is 5.82 Å². The van der Waals surface area contributed by atoms with Crippen molar-refractivity contribution in [2.75, 3.05) is 31.1 Å². The van der Waals surface area contributed by atoms with Gasteiger partial charge in [-0.1, -0.05) is 32.1 Å². The normalized spacial score (nSPS) is 19.8. The number of pyridine rings is 1. The molecule has 2 aliphatic rings. The molecule has 27 heavy (non-hydrogen) atoms. The van der Waals surface area contributed by atoms with E-state index in [4.69, 9.17) is 0 Å². The summed E-state index contributed by atoms with van der Waals surface area (Å²) in [5.41, 5.74) is -0.736. The van der Waals surface area contributed by atoms with Gasteiger partial charge in [-0.3, -0.25) is 4.79 Å². The van der Waals surface area contributed by atoms with E-state index < -0.39 is 11.7 Å². The molecule has 2 heterocycles. The Labute approximate surface area is 158 Å². The molecule has 1 saturated carbocycles. The van der Waals surface area contributed by atoms with Gasteiger partial charge in [0.25, 0.3) is 0 Å². The van der Waals surface area contributed by atoms with Crippen LogP contribution < -0.4 is 4.90 Å². The van der Waals surface area contributed by atoms with Crippen molar-refractivity contribution in [3.05, 3.63) is 23.9 Å². The Morgan fingerprint density at radius 1 is 1.04 bits per heavy atom. The van der Waals surface area contributed by atoms with Crippen molar-refractivity contribution in [3.8, 4) is 0 Å². The molecule has 0 aromatic carbocycles. The maximum Gasteiger partial charge on any atom is 0.417 e. The van der Waals surface area contributed by atoms with Crippen LogP contribution in [0.15, 0.2) is 18.3 Å². The molecule has 150 valence electrons. The minimum Gasteiger partial charge on any atom is -0.355 e. The number of aromatic nitrogens is 1. The second-order valence-electron chi connectivity index (χ2n) is 7.67. The second kappa shape index (κ2) is 8.93. The number of anilines is 1. The van der Waals surface area contributed by atoms with Crippen LogP contribution in [0.25, 0.3) is 0 Å². The van der Waals surface area contributed by atoms with Gasteiger partial charge < -0.3 is 9.80 Å². The predicted octanol–water partition coefficient (Wildman–Crippen LogP) is 4.50. The molecule has 1 saturated heterocycles. The summed E-state index contributed by atoms with van der Waals surface area (Å²) >= 11 is 0. The Morgan fingerprint density at radius 3 is 2.48 bits per heavy atom. The summed E-state index contributed by atoms with van der Waals surface area (Å²) in [6.45, 7) is 2.62. The third-order valence-electron chi connectivity index (χ3n) is 5.74. The highest BCUT2D eigenvalue weighted by atomic mass is 19.4. The fourth-order valence-corrected chi connectivity index (χ4v) is 4.10. The smallest absolute Gasteiger partial charge is 0.355 e. The average molecular weight is 383 g/mol. The van der Waals surface area contributed by atoms with Gasteiger partial charge in [-0.15, -0.1) is 0 Å². The average Bonchev–Trinajstić information content (AvgIpc) is 2.93. The van der Waals surface area contributed by atoms with E-state index in [1.807, 2.05) is 9.80 Å².